The molecule has 14 rings (SSSR count). The number of furan rings is 1. The summed E-state index contributed by atoms with van der Waals surface area (Å²) in [6.45, 7) is 26.8. The molecule has 0 spiro atoms. The maximum atomic E-state index is 6.58. The molecule has 5 heterocycles. The lowest BCUT2D eigenvalue weighted by atomic mass is 9.56. The van der Waals surface area contributed by atoms with Crippen LogP contribution in [0.1, 0.15) is 156 Å². The van der Waals surface area contributed by atoms with Gasteiger partial charge >= 0.3 is 0 Å². The van der Waals surface area contributed by atoms with E-state index >= 15 is 0 Å². The molecule has 5 aliphatic rings. The summed E-state index contributed by atoms with van der Waals surface area (Å²) in [4.78, 5) is 11.5. The molecule has 5 aromatic heterocycles. The zero-order chi connectivity index (χ0) is 45.0. The number of hydrogen-bond donors (Lipinski definition) is 0. The highest BCUT2D eigenvalue weighted by atomic mass is 16.3. The van der Waals surface area contributed by atoms with Crippen molar-refractivity contribution in [3.63, 3.8) is 0 Å². The van der Waals surface area contributed by atoms with Gasteiger partial charge in [-0.3, -0.25) is 9.97 Å². The molecule has 4 aromatic carbocycles. The average Bonchev–Trinajstić information content (AvgIpc) is 4.02. The quantitative estimate of drug-likeness (QED) is 0.178. The minimum absolute atomic E-state index is 0.0149. The standard InChI is InChI=1S/C61H65N3O/c1-56(2,3)32-61(33-57(4,5)6)43-26-37(58(7,8)9)19-20-39(43)51-49-41-24-36(38-16-14-18-47-48(38)40-15-12-13-17-46(40)65-47)25-42-50-45(64(53(41)42)44(49)30-62-54(51)61)31-63-55-52(50)60(11)28-35(29-60)23-34-21-22-59(55,10)27-34/h12-20,24-26,30-31,34-35H,21-23,27-29,32-33H2,1-11H3. The minimum Gasteiger partial charge on any atom is -0.456 e. The van der Waals surface area contributed by atoms with E-state index in [4.69, 9.17) is 14.4 Å². The van der Waals surface area contributed by atoms with Crippen molar-refractivity contribution in [1.29, 1.82) is 0 Å². The zero-order valence-corrected chi connectivity index (χ0v) is 40.6. The molecule has 4 bridgehead atoms. The molecule has 0 radical (unpaired) electrons. The van der Waals surface area contributed by atoms with E-state index in [1.165, 1.54) is 132 Å². The topological polar surface area (TPSA) is 43.3 Å². The molecule has 0 N–H and O–H groups in total. The van der Waals surface area contributed by atoms with Crippen LogP contribution in [-0.2, 0) is 21.7 Å². The molecule has 9 aromatic rings. The summed E-state index contributed by atoms with van der Waals surface area (Å²) >= 11 is 0. The summed E-state index contributed by atoms with van der Waals surface area (Å²) in [6.07, 6.45) is 14.3. The number of pyridine rings is 2. The second-order valence-corrected chi connectivity index (χ2v) is 25.8. The van der Waals surface area contributed by atoms with E-state index < -0.39 is 0 Å². The Kier molecular flexibility index (Phi) is 7.77. The Balaban J connectivity index is 1.22. The van der Waals surface area contributed by atoms with E-state index in [0.717, 1.165) is 35.8 Å². The number of nitrogens with zero attached hydrogens (tertiary/aromatic N) is 3. The van der Waals surface area contributed by atoms with Crippen molar-refractivity contribution in [3.8, 4) is 22.3 Å². The van der Waals surface area contributed by atoms with Crippen LogP contribution in [0, 0.1) is 22.7 Å². The lowest BCUT2D eigenvalue weighted by Crippen LogP contribution is -2.40. The first kappa shape index (κ1) is 40.1. The third-order valence-electron chi connectivity index (χ3n) is 17.1. The van der Waals surface area contributed by atoms with Gasteiger partial charge in [-0.2, -0.15) is 0 Å². The van der Waals surface area contributed by atoms with Gasteiger partial charge in [0, 0.05) is 48.7 Å². The van der Waals surface area contributed by atoms with Gasteiger partial charge in [0.2, 0.25) is 0 Å². The number of rotatable bonds is 3. The van der Waals surface area contributed by atoms with Crippen LogP contribution >= 0.6 is 0 Å². The lowest BCUT2D eigenvalue weighted by Gasteiger charge is -2.48. The Morgan fingerprint density at radius 3 is 2.03 bits per heavy atom. The summed E-state index contributed by atoms with van der Waals surface area (Å²) in [5, 5.41) is 7.81. The van der Waals surface area contributed by atoms with E-state index in [1.807, 2.05) is 0 Å². The molecule has 4 heteroatoms. The van der Waals surface area contributed by atoms with Gasteiger partial charge in [0.15, 0.2) is 0 Å². The largest absolute Gasteiger partial charge is 0.456 e. The predicted octanol–water partition coefficient (Wildman–Crippen LogP) is 16.8. The summed E-state index contributed by atoms with van der Waals surface area (Å²) in [5.41, 5.74) is 17.9. The van der Waals surface area contributed by atoms with E-state index in [0.29, 0.717) is 0 Å². The Morgan fingerprint density at radius 1 is 0.646 bits per heavy atom. The third-order valence-corrected chi connectivity index (χ3v) is 17.1. The van der Waals surface area contributed by atoms with E-state index in [1.54, 1.807) is 5.56 Å². The first-order valence-electron chi connectivity index (χ1n) is 24.9. The second kappa shape index (κ2) is 12.6. The maximum Gasteiger partial charge on any atom is 0.136 e. The van der Waals surface area contributed by atoms with Crippen molar-refractivity contribution < 1.29 is 4.42 Å². The zero-order valence-electron chi connectivity index (χ0n) is 40.6. The predicted molar refractivity (Wildman–Crippen MR) is 272 cm³/mol. The van der Waals surface area contributed by atoms with Crippen molar-refractivity contribution in [1.82, 2.24) is 14.4 Å². The molecule has 0 amide bonds. The number of hydrogen-bond acceptors (Lipinski definition) is 3. The van der Waals surface area contributed by atoms with Gasteiger partial charge in [-0.25, -0.2) is 0 Å². The summed E-state index contributed by atoms with van der Waals surface area (Å²) in [5.74, 6) is 1.62. The molecule has 2 unspecified atom stereocenters. The van der Waals surface area contributed by atoms with Crippen LogP contribution in [-0.4, -0.2) is 14.4 Å². The molecule has 5 aliphatic carbocycles. The van der Waals surface area contributed by atoms with Crippen LogP contribution in [0.3, 0.4) is 0 Å². The van der Waals surface area contributed by atoms with Gasteiger partial charge in [-0.05, 0) is 143 Å². The maximum absolute atomic E-state index is 6.58. The van der Waals surface area contributed by atoms with Crippen molar-refractivity contribution >= 4 is 60.0 Å². The van der Waals surface area contributed by atoms with Gasteiger partial charge in [-0.15, -0.1) is 0 Å². The molecule has 330 valence electrons. The minimum atomic E-state index is -0.255. The third kappa shape index (κ3) is 5.49. The number of para-hydroxylation sites is 1. The molecule has 0 saturated heterocycles. The number of aromatic nitrogens is 3. The fourth-order valence-corrected chi connectivity index (χ4v) is 15.2. The normalized spacial score (nSPS) is 23.9. The van der Waals surface area contributed by atoms with Crippen LogP contribution in [0.15, 0.2) is 89.6 Å². The first-order valence-corrected chi connectivity index (χ1v) is 24.9. The van der Waals surface area contributed by atoms with Gasteiger partial charge in [-0.1, -0.05) is 125 Å². The molecule has 2 atom stereocenters. The highest BCUT2D eigenvalue weighted by molar-refractivity contribution is 6.28. The molecular weight excluding hydrogens is 791 g/mol. The van der Waals surface area contributed by atoms with Gasteiger partial charge in [0.05, 0.1) is 40.3 Å². The molecule has 2 fully saturated rings. The fourth-order valence-electron chi connectivity index (χ4n) is 15.2. The molecule has 4 nitrogen and oxygen atoms in total. The number of fused-ring (bicyclic) bond motifs is 13. The number of benzene rings is 4. The van der Waals surface area contributed by atoms with Crippen LogP contribution in [0.4, 0.5) is 0 Å². The van der Waals surface area contributed by atoms with Crippen molar-refractivity contribution in [2.24, 2.45) is 22.7 Å². The van der Waals surface area contributed by atoms with E-state index in [-0.39, 0.29) is 32.5 Å². The van der Waals surface area contributed by atoms with Crippen LogP contribution in [0.25, 0.3) is 82.3 Å². The molecular formula is C61H65N3O. The van der Waals surface area contributed by atoms with Crippen molar-refractivity contribution in [2.75, 3.05) is 0 Å². The smallest absolute Gasteiger partial charge is 0.136 e. The highest BCUT2D eigenvalue weighted by Crippen LogP contribution is 2.63. The lowest BCUT2D eigenvalue weighted by molar-refractivity contribution is 0.134. The SMILES string of the molecule is CC(C)(C)CC1(CC(C)(C)C)c2cc(C(C)(C)C)ccc2-c2c1ncc1c2c2cc(-c3cccc4oc5ccccc5c34)cc3c4c5c(ncc4n1c23)C1(C)CCC(CC2CC5(C)C2)C1. The highest BCUT2D eigenvalue weighted by Gasteiger charge is 2.53. The van der Waals surface area contributed by atoms with E-state index in [2.05, 4.69) is 166 Å². The molecule has 65 heavy (non-hydrogen) atoms. The fraction of sp³-hybridized carbons (Fsp3) is 0.443. The Hall–Kier alpha value is -5.22. The summed E-state index contributed by atoms with van der Waals surface area (Å²) < 4.78 is 9.19. The van der Waals surface area contributed by atoms with Crippen LogP contribution < -0.4 is 0 Å². The average molecular weight is 856 g/mol. The van der Waals surface area contributed by atoms with E-state index in [9.17, 15) is 0 Å². The van der Waals surface area contributed by atoms with Crippen LogP contribution in [0.2, 0.25) is 0 Å². The summed E-state index contributed by atoms with van der Waals surface area (Å²) in [7, 11) is 0. The van der Waals surface area contributed by atoms with Crippen molar-refractivity contribution in [3.05, 3.63) is 113 Å². The van der Waals surface area contributed by atoms with Gasteiger partial charge in [0.25, 0.3) is 0 Å². The van der Waals surface area contributed by atoms with Crippen LogP contribution in [0.5, 0.6) is 0 Å². The molecule has 2 saturated carbocycles. The second-order valence-electron chi connectivity index (χ2n) is 25.8. The summed E-state index contributed by atoms with van der Waals surface area (Å²) in [6, 6.07) is 27.8. The Labute approximate surface area is 384 Å². The Bertz CT molecular complexity index is 3480. The monoisotopic (exact) mass is 856 g/mol. The molecule has 0 aliphatic heterocycles. The van der Waals surface area contributed by atoms with Gasteiger partial charge < -0.3 is 8.82 Å². The van der Waals surface area contributed by atoms with Gasteiger partial charge in [0.1, 0.15) is 11.2 Å². The van der Waals surface area contributed by atoms with Crippen molar-refractivity contribution in [2.45, 2.75) is 149 Å². The first-order chi connectivity index (χ1) is 30.7. The Morgan fingerprint density at radius 2 is 1.31 bits per heavy atom.